The lowest BCUT2D eigenvalue weighted by molar-refractivity contribution is 0.379. The van der Waals surface area contributed by atoms with E-state index in [1.54, 1.807) is 13.2 Å². The van der Waals surface area contributed by atoms with Gasteiger partial charge in [-0.3, -0.25) is 0 Å². The second-order valence-corrected chi connectivity index (χ2v) is 6.98. The summed E-state index contributed by atoms with van der Waals surface area (Å²) in [5.74, 6) is 1.25. The lowest BCUT2D eigenvalue weighted by Gasteiger charge is -2.38. The van der Waals surface area contributed by atoms with E-state index in [1.807, 2.05) is 18.2 Å². The van der Waals surface area contributed by atoms with Crippen molar-refractivity contribution in [3.63, 3.8) is 0 Å². The fourth-order valence-electron chi connectivity index (χ4n) is 3.84. The minimum absolute atomic E-state index is 0.0202. The third-order valence-electron chi connectivity index (χ3n) is 4.87. The summed E-state index contributed by atoms with van der Waals surface area (Å²) in [7, 11) is 1.68. The van der Waals surface area contributed by atoms with E-state index >= 15 is 0 Å². The van der Waals surface area contributed by atoms with Crippen LogP contribution >= 0.6 is 15.9 Å². The maximum Gasteiger partial charge on any atom is 0.146 e. The smallest absolute Gasteiger partial charge is 0.146 e. The maximum absolute atomic E-state index is 14.4. The van der Waals surface area contributed by atoms with Gasteiger partial charge in [0.2, 0.25) is 0 Å². The first-order valence-corrected chi connectivity index (χ1v) is 8.53. The zero-order chi connectivity index (χ0) is 16.0. The summed E-state index contributed by atoms with van der Waals surface area (Å²) in [4.78, 5) is 0. The Kier molecular flexibility index (Phi) is 3.64. The second-order valence-electron chi connectivity index (χ2n) is 6.07. The van der Waals surface area contributed by atoms with Crippen molar-refractivity contribution in [1.82, 2.24) is 0 Å². The quantitative estimate of drug-likeness (QED) is 0.709. The van der Waals surface area contributed by atoms with Crippen LogP contribution in [0.3, 0.4) is 0 Å². The standard InChI is InChI=1S/C19H17BrFNO/c1-23-17-9-8-11(20)10-15(17)18-13-5-2-4-12(13)14-6-3-7-16(21)19(14)22-18/h2-4,6-10,12-13,18,22H,5H2,1H3/t12-,13+,18+/m0/s1. The molecule has 2 aromatic carbocycles. The van der Waals surface area contributed by atoms with Crippen LogP contribution in [0, 0.1) is 11.7 Å². The van der Waals surface area contributed by atoms with Gasteiger partial charge in [0, 0.05) is 16.0 Å². The van der Waals surface area contributed by atoms with Crippen molar-refractivity contribution < 1.29 is 9.13 Å². The zero-order valence-corrected chi connectivity index (χ0v) is 14.3. The van der Waals surface area contributed by atoms with Crippen molar-refractivity contribution in [1.29, 1.82) is 0 Å². The molecular weight excluding hydrogens is 357 g/mol. The van der Waals surface area contributed by atoms with E-state index in [2.05, 4.69) is 39.5 Å². The fourth-order valence-corrected chi connectivity index (χ4v) is 4.22. The van der Waals surface area contributed by atoms with Crippen LogP contribution in [0.15, 0.2) is 53.0 Å². The Morgan fingerprint density at radius 1 is 1.22 bits per heavy atom. The lowest BCUT2D eigenvalue weighted by atomic mass is 9.77. The molecule has 1 aliphatic carbocycles. The van der Waals surface area contributed by atoms with E-state index < -0.39 is 0 Å². The molecule has 118 valence electrons. The van der Waals surface area contributed by atoms with Crippen molar-refractivity contribution in [3.8, 4) is 5.75 Å². The first-order chi connectivity index (χ1) is 11.2. The zero-order valence-electron chi connectivity index (χ0n) is 12.7. The van der Waals surface area contributed by atoms with Crippen LogP contribution in [0.2, 0.25) is 0 Å². The number of ether oxygens (including phenoxy) is 1. The van der Waals surface area contributed by atoms with E-state index in [4.69, 9.17) is 4.74 Å². The van der Waals surface area contributed by atoms with Crippen molar-refractivity contribution in [2.45, 2.75) is 18.4 Å². The Morgan fingerprint density at radius 2 is 2.09 bits per heavy atom. The summed E-state index contributed by atoms with van der Waals surface area (Å²) in [6.07, 6.45) is 5.39. The Hall–Kier alpha value is -1.81. The molecule has 0 bridgehead atoms. The number of halogens is 2. The van der Waals surface area contributed by atoms with Gasteiger partial charge in [0.25, 0.3) is 0 Å². The number of fused-ring (bicyclic) bond motifs is 3. The van der Waals surface area contributed by atoms with Gasteiger partial charge in [-0.05, 0) is 42.2 Å². The molecule has 0 aromatic heterocycles. The fraction of sp³-hybridized carbons (Fsp3) is 0.263. The first-order valence-electron chi connectivity index (χ1n) is 7.74. The summed E-state index contributed by atoms with van der Waals surface area (Å²) >= 11 is 3.54. The molecule has 0 saturated heterocycles. The molecule has 1 N–H and O–H groups in total. The number of hydrogen-bond donors (Lipinski definition) is 1. The van der Waals surface area contributed by atoms with Crippen molar-refractivity contribution >= 4 is 21.6 Å². The summed E-state index contributed by atoms with van der Waals surface area (Å²) < 4.78 is 20.9. The number of para-hydroxylation sites is 1. The summed E-state index contributed by atoms with van der Waals surface area (Å²) in [5.41, 5.74) is 2.73. The Labute approximate surface area is 143 Å². The normalized spacial score (nSPS) is 24.7. The third kappa shape index (κ3) is 2.36. The van der Waals surface area contributed by atoms with Gasteiger partial charge in [0.05, 0.1) is 18.8 Å². The van der Waals surface area contributed by atoms with Crippen molar-refractivity contribution in [3.05, 3.63) is 70.0 Å². The highest BCUT2D eigenvalue weighted by molar-refractivity contribution is 9.10. The van der Waals surface area contributed by atoms with E-state index in [0.717, 1.165) is 27.8 Å². The number of hydrogen-bond acceptors (Lipinski definition) is 2. The summed E-state index contributed by atoms with van der Waals surface area (Å²) in [6.45, 7) is 0. The van der Waals surface area contributed by atoms with E-state index in [1.165, 1.54) is 6.07 Å². The Morgan fingerprint density at radius 3 is 2.91 bits per heavy atom. The summed E-state index contributed by atoms with van der Waals surface area (Å²) in [5, 5.41) is 3.44. The average Bonchev–Trinajstić information content (AvgIpc) is 3.04. The molecule has 4 rings (SSSR count). The molecule has 0 amide bonds. The van der Waals surface area contributed by atoms with Gasteiger partial charge in [-0.1, -0.05) is 40.2 Å². The molecule has 0 fully saturated rings. The minimum Gasteiger partial charge on any atom is -0.496 e. The van der Waals surface area contributed by atoms with Gasteiger partial charge in [0.1, 0.15) is 11.6 Å². The highest BCUT2D eigenvalue weighted by Gasteiger charge is 2.39. The number of nitrogens with one attached hydrogen (secondary N) is 1. The Bertz CT molecular complexity index is 789. The monoisotopic (exact) mass is 373 g/mol. The highest BCUT2D eigenvalue weighted by atomic mass is 79.9. The van der Waals surface area contributed by atoms with Gasteiger partial charge in [-0.15, -0.1) is 0 Å². The number of allylic oxidation sites excluding steroid dienone is 2. The molecule has 2 nitrogen and oxygen atoms in total. The summed E-state index contributed by atoms with van der Waals surface area (Å²) in [6, 6.07) is 11.3. The molecule has 23 heavy (non-hydrogen) atoms. The molecule has 3 atom stereocenters. The maximum atomic E-state index is 14.4. The molecule has 2 aliphatic rings. The van der Waals surface area contributed by atoms with Gasteiger partial charge in [-0.2, -0.15) is 0 Å². The van der Waals surface area contributed by atoms with Crippen LogP contribution in [-0.2, 0) is 0 Å². The van der Waals surface area contributed by atoms with E-state index in [-0.39, 0.29) is 17.8 Å². The van der Waals surface area contributed by atoms with Crippen molar-refractivity contribution in [2.24, 2.45) is 5.92 Å². The van der Waals surface area contributed by atoms with Crippen molar-refractivity contribution in [2.75, 3.05) is 12.4 Å². The van der Waals surface area contributed by atoms with Crippen LogP contribution in [0.1, 0.15) is 29.5 Å². The van der Waals surface area contributed by atoms with Gasteiger partial charge >= 0.3 is 0 Å². The largest absolute Gasteiger partial charge is 0.496 e. The molecule has 1 aliphatic heterocycles. The molecule has 1 heterocycles. The van der Waals surface area contributed by atoms with Gasteiger partial charge in [0.15, 0.2) is 0 Å². The Balaban J connectivity index is 1.85. The van der Waals surface area contributed by atoms with Gasteiger partial charge in [-0.25, -0.2) is 4.39 Å². The molecule has 0 unspecified atom stereocenters. The average molecular weight is 374 g/mol. The minimum atomic E-state index is -0.194. The predicted octanol–water partition coefficient (Wildman–Crippen LogP) is 5.42. The number of rotatable bonds is 2. The topological polar surface area (TPSA) is 21.3 Å². The predicted molar refractivity (Wildman–Crippen MR) is 93.4 cm³/mol. The van der Waals surface area contributed by atoms with Crippen LogP contribution < -0.4 is 10.1 Å². The molecule has 0 spiro atoms. The highest BCUT2D eigenvalue weighted by Crippen LogP contribution is 2.51. The number of benzene rings is 2. The molecular formula is C19H17BrFNO. The molecule has 2 aromatic rings. The van der Waals surface area contributed by atoms with Crippen LogP contribution in [-0.4, -0.2) is 7.11 Å². The van der Waals surface area contributed by atoms with Crippen LogP contribution in [0.5, 0.6) is 5.75 Å². The molecule has 4 heteroatoms. The SMILES string of the molecule is COc1ccc(Br)cc1[C@@H]1Nc2c(F)cccc2[C@H]2C=CC[C@H]21. The number of anilines is 1. The van der Waals surface area contributed by atoms with E-state index in [9.17, 15) is 4.39 Å². The molecule has 0 radical (unpaired) electrons. The first kappa shape index (κ1) is 14.8. The van der Waals surface area contributed by atoms with Crippen LogP contribution in [0.4, 0.5) is 10.1 Å². The third-order valence-corrected chi connectivity index (χ3v) is 5.37. The molecule has 0 saturated carbocycles. The lowest BCUT2D eigenvalue weighted by Crippen LogP contribution is -2.30. The van der Waals surface area contributed by atoms with Crippen LogP contribution in [0.25, 0.3) is 0 Å². The second kappa shape index (κ2) is 5.68. The van der Waals surface area contributed by atoms with E-state index in [0.29, 0.717) is 11.6 Å². The number of methoxy groups -OCH3 is 1. The van der Waals surface area contributed by atoms with Gasteiger partial charge < -0.3 is 10.1 Å².